The molecule has 0 saturated carbocycles. The van der Waals surface area contributed by atoms with Crippen molar-refractivity contribution in [3.05, 3.63) is 129 Å². The lowest BCUT2D eigenvalue weighted by atomic mass is 10.1. The molecule has 5 rings (SSSR count). The third kappa shape index (κ3) is 13.1. The molecular formula is C46H41Cl5N8O8. The number of hydrogen-bond donors (Lipinski definition) is 4. The second-order valence-electron chi connectivity index (χ2n) is 14.4. The molecule has 0 radical (unpaired) electrons. The van der Waals surface area contributed by atoms with Crippen LogP contribution in [0.15, 0.2) is 111 Å². The van der Waals surface area contributed by atoms with Crippen molar-refractivity contribution in [2.75, 3.05) is 35.5 Å². The molecule has 4 amide bonds. The molecule has 348 valence electrons. The number of amides is 4. The zero-order chi connectivity index (χ0) is 48.9. The summed E-state index contributed by atoms with van der Waals surface area (Å²) in [4.78, 5) is 78.9. The van der Waals surface area contributed by atoms with E-state index in [-0.39, 0.29) is 55.7 Å². The number of nitrogens with zero attached hydrogens (tertiary/aromatic N) is 4. The summed E-state index contributed by atoms with van der Waals surface area (Å²) in [5.41, 5.74) is 2.99. The predicted octanol–water partition coefficient (Wildman–Crippen LogP) is 11.7. The monoisotopic (exact) mass is 1010 g/mol. The SMILES string of the molecule is COc1c(CCl)cccc1NC(=O)c1cc(N=NC(C(C)=O)C(=O)Nc2ccc(NC(=O)C(N=Nc3ccc(Cl)c(C(=O)Nc4cccc(CCl)c4OC)c3)C(C)=O)c(C(C)Cl)c2)ccc1Cl. The number of ketones is 2. The van der Waals surface area contributed by atoms with Gasteiger partial charge in [0.05, 0.1) is 75.3 Å². The minimum absolute atomic E-state index is 0.0239. The first-order valence-electron chi connectivity index (χ1n) is 19.9. The smallest absolute Gasteiger partial charge is 0.258 e. The van der Waals surface area contributed by atoms with Gasteiger partial charge in [-0.2, -0.15) is 20.5 Å². The Hall–Kier alpha value is -6.43. The van der Waals surface area contributed by atoms with Gasteiger partial charge < -0.3 is 30.7 Å². The van der Waals surface area contributed by atoms with Crippen LogP contribution in [0, 0.1) is 0 Å². The lowest BCUT2D eigenvalue weighted by Gasteiger charge is -2.17. The third-order valence-electron chi connectivity index (χ3n) is 9.62. The Morgan fingerprint density at radius 1 is 0.582 bits per heavy atom. The molecule has 0 heterocycles. The summed E-state index contributed by atoms with van der Waals surface area (Å²) in [6, 6.07) is 19.7. The summed E-state index contributed by atoms with van der Waals surface area (Å²) in [6.45, 7) is 3.92. The second kappa shape index (κ2) is 23.8. The summed E-state index contributed by atoms with van der Waals surface area (Å²) in [7, 11) is 2.89. The Labute approximate surface area is 409 Å². The van der Waals surface area contributed by atoms with E-state index < -0.39 is 52.7 Å². The molecule has 3 atom stereocenters. The normalized spacial score (nSPS) is 12.5. The van der Waals surface area contributed by atoms with Crippen LogP contribution in [0.3, 0.4) is 0 Å². The van der Waals surface area contributed by atoms with Crippen molar-refractivity contribution in [1.82, 2.24) is 0 Å². The third-order valence-corrected chi connectivity index (χ3v) is 11.1. The van der Waals surface area contributed by atoms with Gasteiger partial charge >= 0.3 is 0 Å². The molecule has 16 nitrogen and oxygen atoms in total. The van der Waals surface area contributed by atoms with Crippen molar-refractivity contribution in [3.8, 4) is 11.5 Å². The van der Waals surface area contributed by atoms with E-state index >= 15 is 0 Å². The van der Waals surface area contributed by atoms with Crippen LogP contribution in [0.4, 0.5) is 34.1 Å². The Bertz CT molecular complexity index is 2790. The Morgan fingerprint density at radius 3 is 1.43 bits per heavy atom. The van der Waals surface area contributed by atoms with E-state index in [1.165, 1.54) is 68.8 Å². The Morgan fingerprint density at radius 2 is 1.03 bits per heavy atom. The number of azo groups is 2. The molecule has 0 spiro atoms. The number of rotatable bonds is 19. The molecule has 21 heteroatoms. The number of benzene rings is 5. The Balaban J connectivity index is 1.28. The summed E-state index contributed by atoms with van der Waals surface area (Å²) in [5, 5.41) is 26.3. The highest BCUT2D eigenvalue weighted by atomic mass is 35.5. The van der Waals surface area contributed by atoms with Crippen molar-refractivity contribution in [2.24, 2.45) is 20.5 Å². The van der Waals surface area contributed by atoms with Crippen LogP contribution in [0.1, 0.15) is 63.6 Å². The van der Waals surface area contributed by atoms with Gasteiger partial charge in [0.15, 0.2) is 11.6 Å². The molecule has 67 heavy (non-hydrogen) atoms. The van der Waals surface area contributed by atoms with Crippen LogP contribution in [0.25, 0.3) is 0 Å². The number of hydrogen-bond acceptors (Lipinski definition) is 12. The predicted molar refractivity (Wildman–Crippen MR) is 260 cm³/mol. The second-order valence-corrected chi connectivity index (χ2v) is 16.4. The number of carbonyl (C=O) groups is 6. The number of anilines is 4. The van der Waals surface area contributed by atoms with E-state index in [4.69, 9.17) is 67.5 Å². The van der Waals surface area contributed by atoms with E-state index in [0.29, 0.717) is 39.6 Å². The molecule has 0 aromatic heterocycles. The lowest BCUT2D eigenvalue weighted by Crippen LogP contribution is -2.32. The maximum absolute atomic E-state index is 13.5. The van der Waals surface area contributed by atoms with Gasteiger partial charge in [-0.05, 0) is 93.1 Å². The number of methoxy groups -OCH3 is 2. The van der Waals surface area contributed by atoms with Gasteiger partial charge in [-0.1, -0.05) is 47.5 Å². The van der Waals surface area contributed by atoms with Crippen LogP contribution in [-0.2, 0) is 30.9 Å². The van der Waals surface area contributed by atoms with Crippen molar-refractivity contribution in [3.63, 3.8) is 0 Å². The van der Waals surface area contributed by atoms with E-state index in [2.05, 4.69) is 41.7 Å². The summed E-state index contributed by atoms with van der Waals surface area (Å²) in [6.07, 6.45) is 0. The fourth-order valence-corrected chi connectivity index (χ4v) is 7.33. The maximum Gasteiger partial charge on any atom is 0.258 e. The van der Waals surface area contributed by atoms with Crippen molar-refractivity contribution in [1.29, 1.82) is 0 Å². The largest absolute Gasteiger partial charge is 0.494 e. The van der Waals surface area contributed by atoms with E-state index in [1.54, 1.807) is 43.3 Å². The van der Waals surface area contributed by atoms with E-state index in [0.717, 1.165) is 13.8 Å². The first kappa shape index (κ1) is 51.6. The molecule has 0 bridgehead atoms. The van der Waals surface area contributed by atoms with Gasteiger partial charge in [0.2, 0.25) is 12.1 Å². The van der Waals surface area contributed by atoms with Gasteiger partial charge in [-0.15, -0.1) is 34.8 Å². The number of ether oxygens (including phenoxy) is 2. The van der Waals surface area contributed by atoms with Crippen LogP contribution in [0.2, 0.25) is 10.0 Å². The molecule has 0 aliphatic heterocycles. The quantitative estimate of drug-likeness (QED) is 0.0353. The number of Topliss-reactive ketones (excluding diaryl/α,β-unsaturated/α-hetero) is 2. The molecule has 0 aliphatic rings. The fourth-order valence-electron chi connectivity index (χ4n) is 6.32. The van der Waals surface area contributed by atoms with Crippen LogP contribution < -0.4 is 30.7 Å². The van der Waals surface area contributed by atoms with Gasteiger partial charge in [0.1, 0.15) is 11.5 Å². The van der Waals surface area contributed by atoms with Gasteiger partial charge in [0, 0.05) is 22.5 Å². The first-order valence-corrected chi connectivity index (χ1v) is 22.1. The van der Waals surface area contributed by atoms with Crippen LogP contribution in [-0.4, -0.2) is 61.5 Å². The molecule has 3 unspecified atom stereocenters. The average molecular weight is 1010 g/mol. The zero-order valence-electron chi connectivity index (χ0n) is 36.3. The first-order chi connectivity index (χ1) is 32.0. The standard InChI is InChI=1S/C46H41Cl5N8O8/c1-23(49)31-18-28(52-45(64)39(24(2)60)58-56-29-12-15-34(50)32(19-29)43(62)54-37-10-6-8-26(21-47)41(37)66-4)14-17-36(31)53-46(65)40(25(3)61)59-57-30-13-16-35(51)33(20-30)44(63)55-38-11-7-9-27(22-48)42(38)67-5/h6-20,23,39-40H,21-22H2,1-5H3,(H,52,64)(H,53,65)(H,54,62)(H,55,63). The minimum atomic E-state index is -1.63. The van der Waals surface area contributed by atoms with E-state index in [9.17, 15) is 28.8 Å². The number of halogens is 5. The molecule has 5 aromatic rings. The zero-order valence-corrected chi connectivity index (χ0v) is 40.0. The molecule has 4 N–H and O–H groups in total. The minimum Gasteiger partial charge on any atom is -0.494 e. The fraction of sp³-hybridized carbons (Fsp3) is 0.217. The summed E-state index contributed by atoms with van der Waals surface area (Å²) >= 11 is 31.2. The van der Waals surface area contributed by atoms with Gasteiger partial charge in [-0.3, -0.25) is 28.8 Å². The summed E-state index contributed by atoms with van der Waals surface area (Å²) < 4.78 is 10.9. The van der Waals surface area contributed by atoms with E-state index in [1.807, 2.05) is 0 Å². The van der Waals surface area contributed by atoms with Crippen LogP contribution >= 0.6 is 58.0 Å². The van der Waals surface area contributed by atoms with Gasteiger partial charge in [0.25, 0.3) is 23.6 Å². The van der Waals surface area contributed by atoms with Crippen molar-refractivity contribution in [2.45, 2.75) is 50.0 Å². The maximum atomic E-state index is 13.5. The number of nitrogens with one attached hydrogen (secondary N) is 4. The Kier molecular flexibility index (Phi) is 18.3. The van der Waals surface area contributed by atoms with Crippen LogP contribution in [0.5, 0.6) is 11.5 Å². The molecule has 0 fully saturated rings. The van der Waals surface area contributed by atoms with Crippen molar-refractivity contribution < 1.29 is 38.2 Å². The molecule has 5 aromatic carbocycles. The molecule has 0 saturated heterocycles. The summed E-state index contributed by atoms with van der Waals surface area (Å²) in [5.74, 6) is -3.15. The highest BCUT2D eigenvalue weighted by molar-refractivity contribution is 6.35. The van der Waals surface area contributed by atoms with Crippen molar-refractivity contribution >= 4 is 127 Å². The van der Waals surface area contributed by atoms with Gasteiger partial charge in [-0.25, -0.2) is 0 Å². The highest BCUT2D eigenvalue weighted by Crippen LogP contribution is 2.34. The lowest BCUT2D eigenvalue weighted by molar-refractivity contribution is -0.127. The highest BCUT2D eigenvalue weighted by Gasteiger charge is 2.27. The number of para-hydroxylation sites is 2. The number of alkyl halides is 3. The molecule has 0 aliphatic carbocycles. The average Bonchev–Trinajstić information content (AvgIpc) is 3.29. The topological polar surface area (TPSA) is 218 Å². The molecular weight excluding hydrogens is 970 g/mol. The number of carbonyl (C=O) groups excluding carboxylic acids is 6.